The van der Waals surface area contributed by atoms with Crippen molar-refractivity contribution in [3.8, 4) is 78.7 Å². The zero-order valence-corrected chi connectivity index (χ0v) is 30.1. The summed E-state index contributed by atoms with van der Waals surface area (Å²) in [5.41, 5.74) is -8.95. The summed E-state index contributed by atoms with van der Waals surface area (Å²) >= 11 is 0.514. The van der Waals surface area contributed by atoms with E-state index in [1.54, 1.807) is 0 Å². The monoisotopic (exact) mass is 804 g/mol. The molecule has 0 spiro atoms. The zero-order valence-electron chi connectivity index (χ0n) is 64.2. The van der Waals surface area contributed by atoms with Gasteiger partial charge in [0.2, 0.25) is 0 Å². The topological polar surface area (TPSA) is 38.7 Å². The van der Waals surface area contributed by atoms with Gasteiger partial charge in [-0.1, -0.05) is 181 Å². The van der Waals surface area contributed by atoms with Gasteiger partial charge in [-0.15, -0.1) is 11.3 Å². The van der Waals surface area contributed by atoms with Crippen LogP contribution in [-0.4, -0.2) is 15.0 Å². The van der Waals surface area contributed by atoms with Gasteiger partial charge in [-0.2, -0.15) is 0 Å². The van der Waals surface area contributed by atoms with E-state index < -0.39 is 306 Å². The fourth-order valence-corrected chi connectivity index (χ4v) is 6.86. The Balaban J connectivity index is 1.27. The molecule has 0 atom stereocenters. The van der Waals surface area contributed by atoms with Crippen molar-refractivity contribution >= 4 is 42.3 Å². The van der Waals surface area contributed by atoms with Crippen molar-refractivity contribution in [2.45, 2.75) is 0 Å². The van der Waals surface area contributed by atoms with E-state index in [1.807, 2.05) is 0 Å². The van der Waals surface area contributed by atoms with Crippen LogP contribution in [0.4, 0.5) is 0 Å². The van der Waals surface area contributed by atoms with E-state index in [4.69, 9.17) is 30.2 Å². The molecule has 0 amide bonds. The molecule has 4 heteroatoms. The number of fused-ring (bicyclic) bond motifs is 4. The van der Waals surface area contributed by atoms with Crippen LogP contribution >= 0.6 is 11.3 Å². The van der Waals surface area contributed by atoms with Crippen LogP contribution in [0.25, 0.3) is 110 Å². The molecule has 0 aliphatic carbocycles. The molecular weight excluding hydrogens is 735 g/mol. The summed E-state index contributed by atoms with van der Waals surface area (Å²) in [5, 5.41) is -2.29. The van der Waals surface area contributed by atoms with E-state index in [0.717, 1.165) is 0 Å². The summed E-state index contributed by atoms with van der Waals surface area (Å²) in [4.78, 5) is 13.2. The van der Waals surface area contributed by atoms with Gasteiger partial charge in [0, 0.05) is 36.9 Å². The van der Waals surface area contributed by atoms with Crippen LogP contribution in [0.1, 0.15) is 48.0 Å². The SMILES string of the molecule is [2H]c1c([2H])c([2H])c(-c2c([2H])c([2H])c(-c3nc(-c4c([2H])c([2H])c([2H])c(-c5c([2H])c([2H])c6c([2H])c([2H])c(-c7c([2H])c([2H])c([2H])c([2H])c7[2H])c([2H])c6c5[2H])c4[2H])nc(-c4c([2H])c([2H])c5c(sc6c([2H])c([2H])c([2H])c(-c7c([2H])c([2H])c([2H])c([2H])c7[2H])c65)c4[2H])n3)c([2H])c2[2H])c([2H])c1[2H]. The van der Waals surface area contributed by atoms with Crippen molar-refractivity contribution in [2.75, 3.05) is 0 Å². The van der Waals surface area contributed by atoms with Crippen LogP contribution in [0.3, 0.4) is 0 Å². The first kappa shape index (κ1) is 14.1. The van der Waals surface area contributed by atoms with E-state index in [1.165, 1.54) is 0 Å². The van der Waals surface area contributed by atoms with Crippen molar-refractivity contribution in [3.05, 3.63) is 211 Å². The maximum absolute atomic E-state index is 9.82. The van der Waals surface area contributed by atoms with Crippen LogP contribution < -0.4 is 0 Å². The third kappa shape index (κ3) is 6.66. The molecule has 2 heterocycles. The quantitative estimate of drug-likeness (QED) is 0.161. The van der Waals surface area contributed by atoms with Crippen LogP contribution in [0, 0.1) is 0 Å². The minimum Gasteiger partial charge on any atom is -0.208 e. The van der Waals surface area contributed by atoms with E-state index in [9.17, 15) is 17.8 Å². The minimum absolute atomic E-state index is 0.283. The van der Waals surface area contributed by atoms with Crippen molar-refractivity contribution in [1.82, 2.24) is 15.0 Å². The maximum atomic E-state index is 9.82. The molecule has 9 aromatic carbocycles. The molecule has 3 nitrogen and oxygen atoms in total. The highest BCUT2D eigenvalue weighted by Crippen LogP contribution is 2.41. The molecule has 59 heavy (non-hydrogen) atoms. The molecule has 0 bridgehead atoms. The highest BCUT2D eigenvalue weighted by Gasteiger charge is 2.17. The van der Waals surface area contributed by atoms with Crippen LogP contribution in [0.5, 0.6) is 0 Å². The predicted octanol–water partition coefficient (Wildman–Crippen LogP) is 15.1. The lowest BCUT2D eigenvalue weighted by atomic mass is 9.97. The summed E-state index contributed by atoms with van der Waals surface area (Å²) < 4.78 is 312. The first-order valence-corrected chi connectivity index (χ1v) is 17.8. The standard InChI is InChI=1S/C55H35N3S/c1-4-12-36(13-5-1)38-22-26-41(27-23-38)53-56-54(45-19-10-18-42(32-45)44-29-25-39-24-28-43(33-47(39)34-44)37-14-6-2-7-15-37)58-55(57-53)46-30-31-49-51(35-46)59-50-21-11-20-48(52(49)50)40-16-8-3-9-17-40/h1-35H/i1D,2D,3D,4D,5D,6D,7D,8D,9D,10D,11D,12D,13D,14D,15D,16D,17D,18D,19D,20D,21D,22D,23D,24D,25D,26D,27D,28D,29D,30D,31D,32D,33D,34D,35D. The summed E-state index contributed by atoms with van der Waals surface area (Å²) in [6.45, 7) is 0. The normalized spacial score (nSPS) is 19.7. The Morgan fingerprint density at radius 2 is 0.763 bits per heavy atom. The van der Waals surface area contributed by atoms with Crippen LogP contribution in [0.2, 0.25) is 0 Å². The highest BCUT2D eigenvalue weighted by atomic mass is 32.1. The van der Waals surface area contributed by atoms with E-state index in [0.29, 0.717) is 11.3 Å². The zero-order chi connectivity index (χ0) is 69.6. The second-order valence-electron chi connectivity index (χ2n) is 12.1. The van der Waals surface area contributed by atoms with Crippen molar-refractivity contribution in [3.63, 3.8) is 0 Å². The second kappa shape index (κ2) is 14.8. The minimum atomic E-state index is -1.16. The van der Waals surface area contributed by atoms with Gasteiger partial charge in [-0.25, -0.2) is 15.0 Å². The number of rotatable bonds is 7. The Labute approximate surface area is 395 Å². The third-order valence-corrected chi connectivity index (χ3v) is 9.52. The predicted molar refractivity (Wildman–Crippen MR) is 248 cm³/mol. The molecule has 2 aromatic heterocycles. The van der Waals surface area contributed by atoms with Gasteiger partial charge in [0.05, 0.1) is 48.0 Å². The van der Waals surface area contributed by atoms with Gasteiger partial charge in [0.1, 0.15) is 0 Å². The lowest BCUT2D eigenvalue weighted by Crippen LogP contribution is -2.00. The fourth-order valence-electron chi connectivity index (χ4n) is 5.84. The van der Waals surface area contributed by atoms with Crippen LogP contribution in [-0.2, 0) is 0 Å². The highest BCUT2D eigenvalue weighted by molar-refractivity contribution is 7.26. The second-order valence-corrected chi connectivity index (χ2v) is 13.1. The maximum Gasteiger partial charge on any atom is 0.164 e. The molecule has 0 aliphatic heterocycles. The molecule has 0 aliphatic rings. The van der Waals surface area contributed by atoms with Crippen molar-refractivity contribution in [1.29, 1.82) is 0 Å². The first-order valence-electron chi connectivity index (χ1n) is 34.5. The van der Waals surface area contributed by atoms with Gasteiger partial charge < -0.3 is 0 Å². The Bertz CT molecular complexity index is 5280. The van der Waals surface area contributed by atoms with Gasteiger partial charge in [0.15, 0.2) is 17.5 Å². The molecule has 0 saturated heterocycles. The van der Waals surface area contributed by atoms with Gasteiger partial charge in [-0.05, 0) is 85.5 Å². The molecule has 0 N–H and O–H groups in total. The van der Waals surface area contributed by atoms with Crippen molar-refractivity contribution in [2.24, 2.45) is 0 Å². The number of benzene rings is 9. The molecule has 0 radical (unpaired) electrons. The van der Waals surface area contributed by atoms with Gasteiger partial charge in [0.25, 0.3) is 0 Å². The van der Waals surface area contributed by atoms with E-state index in [-0.39, 0.29) is 14.8 Å². The summed E-state index contributed by atoms with van der Waals surface area (Å²) in [6, 6.07) is -33.5. The molecule has 0 saturated carbocycles. The Kier molecular flexibility index (Phi) is 3.52. The average Bonchev–Trinajstić information content (AvgIpc) is 1.24. The Morgan fingerprint density at radius 3 is 1.44 bits per heavy atom. The Morgan fingerprint density at radius 1 is 0.305 bits per heavy atom. The number of thiophene rings is 1. The lowest BCUT2D eigenvalue weighted by molar-refractivity contribution is 1.07. The molecule has 0 unspecified atom stereocenters. The average molecular weight is 805 g/mol. The number of hydrogen-bond acceptors (Lipinski definition) is 4. The number of aromatic nitrogens is 3. The molecule has 276 valence electrons. The van der Waals surface area contributed by atoms with E-state index >= 15 is 0 Å². The van der Waals surface area contributed by atoms with Gasteiger partial charge >= 0.3 is 0 Å². The lowest BCUT2D eigenvalue weighted by Gasteiger charge is -2.11. The largest absolute Gasteiger partial charge is 0.208 e. The molecule has 0 fully saturated rings. The third-order valence-electron chi connectivity index (χ3n) is 8.50. The number of hydrogen-bond donors (Lipinski definition) is 0. The van der Waals surface area contributed by atoms with Gasteiger partial charge in [-0.3, -0.25) is 0 Å². The smallest absolute Gasteiger partial charge is 0.164 e. The molecule has 11 rings (SSSR count). The molecular formula is C55H35N3S. The number of nitrogens with zero attached hydrogens (tertiary/aromatic N) is 3. The van der Waals surface area contributed by atoms with Crippen molar-refractivity contribution < 1.29 is 48.0 Å². The first-order chi connectivity index (χ1) is 43.8. The van der Waals surface area contributed by atoms with E-state index in [2.05, 4.69) is 15.0 Å². The van der Waals surface area contributed by atoms with Crippen LogP contribution in [0.15, 0.2) is 211 Å². The fraction of sp³-hybridized carbons (Fsp3) is 0. The summed E-state index contributed by atoms with van der Waals surface area (Å²) in [5.74, 6) is -2.99. The molecule has 11 aromatic rings. The summed E-state index contributed by atoms with van der Waals surface area (Å²) in [7, 11) is 0. The Hall–Kier alpha value is -7.53. The summed E-state index contributed by atoms with van der Waals surface area (Å²) in [6.07, 6.45) is 0.